The second kappa shape index (κ2) is 6.46. The zero-order valence-corrected chi connectivity index (χ0v) is 13.6. The van der Waals surface area contributed by atoms with Crippen molar-refractivity contribution in [3.8, 4) is 0 Å². The van der Waals surface area contributed by atoms with Gasteiger partial charge in [0.1, 0.15) is 11.9 Å². The molecule has 0 atom stereocenters. The number of carbonyl (C=O) groups excluding carboxylic acids is 1. The Labute approximate surface area is 130 Å². The van der Waals surface area contributed by atoms with E-state index in [4.69, 9.17) is 4.74 Å². The number of rotatable bonds is 2. The van der Waals surface area contributed by atoms with Crippen molar-refractivity contribution in [1.29, 1.82) is 0 Å². The zero-order chi connectivity index (χ0) is 16.3. The lowest BCUT2D eigenvalue weighted by Crippen LogP contribution is -2.50. The first-order valence-corrected chi connectivity index (χ1v) is 7.54. The van der Waals surface area contributed by atoms with Crippen molar-refractivity contribution in [1.82, 2.24) is 14.9 Å². The molecule has 0 aliphatic carbocycles. The quantitative estimate of drug-likeness (QED) is 0.838. The van der Waals surface area contributed by atoms with Crippen LogP contribution in [0.25, 0.3) is 0 Å². The number of carbonyl (C=O) groups is 1. The molecule has 0 aromatic carbocycles. The summed E-state index contributed by atoms with van der Waals surface area (Å²) < 4.78 is 19.6. The SMILES string of the molecule is CCc1ncnc(N2CCN(C(=O)OC(C)(C)C)CC2)c1F. The van der Waals surface area contributed by atoms with Gasteiger partial charge >= 0.3 is 6.09 Å². The monoisotopic (exact) mass is 310 g/mol. The fourth-order valence-corrected chi connectivity index (χ4v) is 2.29. The van der Waals surface area contributed by atoms with E-state index >= 15 is 0 Å². The minimum absolute atomic E-state index is 0.315. The van der Waals surface area contributed by atoms with Gasteiger partial charge in [-0.15, -0.1) is 0 Å². The predicted octanol–water partition coefficient (Wildman–Crippen LogP) is 2.24. The van der Waals surface area contributed by atoms with Gasteiger partial charge in [0.15, 0.2) is 11.6 Å². The number of nitrogens with zero attached hydrogens (tertiary/aromatic N) is 4. The lowest BCUT2D eigenvalue weighted by Gasteiger charge is -2.36. The molecule has 22 heavy (non-hydrogen) atoms. The van der Waals surface area contributed by atoms with E-state index < -0.39 is 5.60 Å². The number of halogens is 1. The Balaban J connectivity index is 1.99. The van der Waals surface area contributed by atoms with Crippen molar-refractivity contribution >= 4 is 11.9 Å². The highest BCUT2D eigenvalue weighted by Gasteiger charge is 2.27. The molecule has 1 aromatic heterocycles. The van der Waals surface area contributed by atoms with Crippen LogP contribution in [0.5, 0.6) is 0 Å². The van der Waals surface area contributed by atoms with Crippen molar-refractivity contribution < 1.29 is 13.9 Å². The highest BCUT2D eigenvalue weighted by atomic mass is 19.1. The summed E-state index contributed by atoms with van der Waals surface area (Å²) in [4.78, 5) is 23.5. The topological polar surface area (TPSA) is 58.6 Å². The van der Waals surface area contributed by atoms with E-state index in [1.807, 2.05) is 32.6 Å². The standard InChI is InChI=1S/C15H23FN4O2/c1-5-11-12(16)13(18-10-17-11)19-6-8-20(9-7-19)14(21)22-15(2,3)4/h10H,5-9H2,1-4H3. The van der Waals surface area contributed by atoms with Gasteiger partial charge in [-0.25, -0.2) is 19.2 Å². The number of hydrogen-bond donors (Lipinski definition) is 0. The van der Waals surface area contributed by atoms with Gasteiger partial charge in [0.2, 0.25) is 0 Å². The highest BCUT2D eigenvalue weighted by molar-refractivity contribution is 5.68. The molecule has 0 saturated carbocycles. The van der Waals surface area contributed by atoms with Crippen LogP contribution in [0.2, 0.25) is 0 Å². The summed E-state index contributed by atoms with van der Waals surface area (Å²) in [6.07, 6.45) is 1.58. The number of hydrogen-bond acceptors (Lipinski definition) is 5. The van der Waals surface area contributed by atoms with Gasteiger partial charge in [0.25, 0.3) is 0 Å². The Morgan fingerprint density at radius 3 is 2.45 bits per heavy atom. The lowest BCUT2D eigenvalue weighted by atomic mass is 10.2. The summed E-state index contributed by atoms with van der Waals surface area (Å²) in [5.41, 5.74) is -0.0946. The summed E-state index contributed by atoms with van der Waals surface area (Å²) in [6, 6.07) is 0. The molecule has 1 fully saturated rings. The first kappa shape index (κ1) is 16.5. The number of amides is 1. The molecule has 1 saturated heterocycles. The first-order chi connectivity index (χ1) is 10.3. The van der Waals surface area contributed by atoms with Crippen molar-refractivity contribution in [2.75, 3.05) is 31.1 Å². The molecule has 0 radical (unpaired) electrons. The molecule has 2 heterocycles. The summed E-state index contributed by atoms with van der Waals surface area (Å²) in [5.74, 6) is -0.0496. The van der Waals surface area contributed by atoms with Crippen LogP contribution in [-0.4, -0.2) is 52.7 Å². The normalized spacial score (nSPS) is 15.9. The number of piperazine rings is 1. The minimum Gasteiger partial charge on any atom is -0.444 e. The van der Waals surface area contributed by atoms with E-state index in [0.717, 1.165) is 0 Å². The van der Waals surface area contributed by atoms with E-state index in [1.165, 1.54) is 6.33 Å². The summed E-state index contributed by atoms with van der Waals surface area (Å²) in [6.45, 7) is 9.39. The molecule has 1 amide bonds. The van der Waals surface area contributed by atoms with Gasteiger partial charge < -0.3 is 14.5 Å². The first-order valence-electron chi connectivity index (χ1n) is 7.54. The molecule has 0 bridgehead atoms. The van der Waals surface area contributed by atoms with Crippen LogP contribution in [0.3, 0.4) is 0 Å². The minimum atomic E-state index is -0.511. The molecule has 0 unspecified atom stereocenters. The predicted molar refractivity (Wildman–Crippen MR) is 81.4 cm³/mol. The maximum atomic E-state index is 14.3. The van der Waals surface area contributed by atoms with Gasteiger partial charge in [0, 0.05) is 26.2 Å². The Morgan fingerprint density at radius 2 is 1.91 bits per heavy atom. The van der Waals surface area contributed by atoms with E-state index in [-0.39, 0.29) is 11.9 Å². The van der Waals surface area contributed by atoms with Crippen molar-refractivity contribution in [3.05, 3.63) is 17.8 Å². The van der Waals surface area contributed by atoms with E-state index in [9.17, 15) is 9.18 Å². The fraction of sp³-hybridized carbons (Fsp3) is 0.667. The molecule has 7 heteroatoms. The van der Waals surface area contributed by atoms with Crippen molar-refractivity contribution in [3.63, 3.8) is 0 Å². The van der Waals surface area contributed by atoms with Crippen molar-refractivity contribution in [2.24, 2.45) is 0 Å². The van der Waals surface area contributed by atoms with E-state index in [1.54, 1.807) is 4.90 Å². The fourth-order valence-electron chi connectivity index (χ4n) is 2.29. The maximum absolute atomic E-state index is 14.3. The van der Waals surface area contributed by atoms with Gasteiger partial charge in [-0.3, -0.25) is 0 Å². The molecule has 1 aliphatic heterocycles. The molecule has 2 rings (SSSR count). The molecule has 6 nitrogen and oxygen atoms in total. The van der Waals surface area contributed by atoms with Gasteiger partial charge in [0.05, 0.1) is 5.69 Å². The molecule has 0 spiro atoms. The summed E-state index contributed by atoms with van der Waals surface area (Å²) in [5, 5.41) is 0. The Kier molecular flexibility index (Phi) is 4.83. The van der Waals surface area contributed by atoms with Crippen LogP contribution in [-0.2, 0) is 11.2 Å². The van der Waals surface area contributed by atoms with E-state index in [0.29, 0.717) is 44.1 Å². The molecule has 1 aromatic rings. The van der Waals surface area contributed by atoms with Gasteiger partial charge in [-0.2, -0.15) is 0 Å². The average Bonchev–Trinajstić information content (AvgIpc) is 2.46. The molecular weight excluding hydrogens is 287 g/mol. The van der Waals surface area contributed by atoms with Crippen molar-refractivity contribution in [2.45, 2.75) is 39.7 Å². The average molecular weight is 310 g/mol. The third-order valence-corrected chi connectivity index (χ3v) is 3.41. The zero-order valence-electron chi connectivity index (χ0n) is 13.6. The largest absolute Gasteiger partial charge is 0.444 e. The third-order valence-electron chi connectivity index (χ3n) is 3.41. The van der Waals surface area contributed by atoms with Crippen LogP contribution in [0.15, 0.2) is 6.33 Å². The molecular formula is C15H23FN4O2. The molecule has 122 valence electrons. The van der Waals surface area contributed by atoms with Crippen LogP contribution in [0, 0.1) is 5.82 Å². The summed E-state index contributed by atoms with van der Waals surface area (Å²) in [7, 11) is 0. The maximum Gasteiger partial charge on any atom is 0.410 e. The Hall–Kier alpha value is -1.92. The smallest absolute Gasteiger partial charge is 0.410 e. The Bertz CT molecular complexity index is 537. The van der Waals surface area contributed by atoms with Gasteiger partial charge in [-0.1, -0.05) is 6.92 Å². The number of anilines is 1. The highest BCUT2D eigenvalue weighted by Crippen LogP contribution is 2.20. The Morgan fingerprint density at radius 1 is 1.27 bits per heavy atom. The van der Waals surface area contributed by atoms with Crippen LogP contribution in [0.1, 0.15) is 33.4 Å². The van der Waals surface area contributed by atoms with E-state index in [2.05, 4.69) is 9.97 Å². The van der Waals surface area contributed by atoms with Crippen LogP contribution in [0.4, 0.5) is 15.0 Å². The van der Waals surface area contributed by atoms with Gasteiger partial charge in [-0.05, 0) is 27.2 Å². The second-order valence-corrected chi connectivity index (χ2v) is 6.27. The van der Waals surface area contributed by atoms with Crippen LogP contribution >= 0.6 is 0 Å². The number of aromatic nitrogens is 2. The summed E-state index contributed by atoms with van der Waals surface area (Å²) >= 11 is 0. The molecule has 0 N–H and O–H groups in total. The third kappa shape index (κ3) is 3.84. The lowest BCUT2D eigenvalue weighted by molar-refractivity contribution is 0.0240. The number of ether oxygens (including phenoxy) is 1. The molecule has 1 aliphatic rings. The number of aryl methyl sites for hydroxylation is 1. The second-order valence-electron chi connectivity index (χ2n) is 6.27. The van der Waals surface area contributed by atoms with Crippen LogP contribution < -0.4 is 4.90 Å².